The summed E-state index contributed by atoms with van der Waals surface area (Å²) in [7, 11) is -10.1. The summed E-state index contributed by atoms with van der Waals surface area (Å²) in [5.74, 6) is 0. The molecule has 0 aromatic rings. The van der Waals surface area contributed by atoms with Crippen LogP contribution >= 0.6 is 0 Å². The predicted octanol–water partition coefficient (Wildman–Crippen LogP) is -2.69. The second-order valence-electron chi connectivity index (χ2n) is 1.32. The maximum Gasteiger partial charge on any atom is 1.00 e. The molecule has 3 nitrogen and oxygen atoms in total. The van der Waals surface area contributed by atoms with Gasteiger partial charge in [0.1, 0.15) is 0 Å². The molecular formula is CH3BF3LiO3S. The molecule has 10 heavy (non-hydrogen) atoms. The summed E-state index contributed by atoms with van der Waals surface area (Å²) in [6, 6.07) is 0. The van der Waals surface area contributed by atoms with Gasteiger partial charge in [-0.2, -0.15) is 0 Å². The van der Waals surface area contributed by atoms with Crippen molar-refractivity contribution in [2.24, 2.45) is 0 Å². The second kappa shape index (κ2) is 3.67. The van der Waals surface area contributed by atoms with Crippen LogP contribution in [0.1, 0.15) is 0 Å². The van der Waals surface area contributed by atoms with E-state index in [1.807, 2.05) is 0 Å². The molecule has 0 aliphatic carbocycles. The van der Waals surface area contributed by atoms with E-state index < -0.39 is 17.3 Å². The quantitative estimate of drug-likeness (QED) is 0.423. The van der Waals surface area contributed by atoms with Crippen LogP contribution in [0.3, 0.4) is 0 Å². The van der Waals surface area contributed by atoms with Crippen LogP contribution in [-0.2, 0) is 14.2 Å². The van der Waals surface area contributed by atoms with E-state index in [1.54, 1.807) is 0 Å². The molecule has 0 unspecified atom stereocenters. The van der Waals surface area contributed by atoms with Gasteiger partial charge in [-0.3, -0.25) is 0 Å². The van der Waals surface area contributed by atoms with Crippen molar-refractivity contribution in [3.63, 3.8) is 0 Å². The molecule has 0 aromatic heterocycles. The maximum atomic E-state index is 11.0. The fraction of sp³-hybridized carbons (Fsp3) is 1.00. The topological polar surface area (TPSA) is 43.4 Å². The van der Waals surface area contributed by atoms with Gasteiger partial charge in [0.05, 0.1) is 6.26 Å². The molecule has 0 atom stereocenters. The molecule has 0 saturated carbocycles. The van der Waals surface area contributed by atoms with Gasteiger partial charge in [-0.05, 0) is 0 Å². The molecule has 9 heteroatoms. The summed E-state index contributed by atoms with van der Waals surface area (Å²) < 4.78 is 55.1. The van der Waals surface area contributed by atoms with E-state index in [1.165, 1.54) is 0 Å². The Bertz CT molecular complexity index is 184. The molecule has 0 heterocycles. The van der Waals surface area contributed by atoms with Gasteiger partial charge in [0.2, 0.25) is 10.1 Å². The molecule has 0 amide bonds. The number of rotatable bonds is 2. The molecule has 0 N–H and O–H groups in total. The van der Waals surface area contributed by atoms with Crippen LogP contribution in [0.4, 0.5) is 12.9 Å². The van der Waals surface area contributed by atoms with Gasteiger partial charge in [-0.15, -0.1) is 0 Å². The molecule has 0 rings (SSSR count). The molecule has 56 valence electrons. The van der Waals surface area contributed by atoms with Gasteiger partial charge in [0.25, 0.3) is 0 Å². The standard InChI is InChI=1S/CH3BF3O3S.Li/c1-9(6,7)8-2(3,4)5;/h1H3;/q-1;+1. The van der Waals surface area contributed by atoms with Gasteiger partial charge >= 0.3 is 26.0 Å². The van der Waals surface area contributed by atoms with Gasteiger partial charge in [-0.25, -0.2) is 8.42 Å². The van der Waals surface area contributed by atoms with E-state index >= 15 is 0 Å². The molecule has 0 aromatic carbocycles. The van der Waals surface area contributed by atoms with E-state index in [9.17, 15) is 21.4 Å². The van der Waals surface area contributed by atoms with Gasteiger partial charge in [0, 0.05) is 0 Å². The monoisotopic (exact) mass is 170 g/mol. The summed E-state index contributed by atoms with van der Waals surface area (Å²) in [5.41, 5.74) is 0. The van der Waals surface area contributed by atoms with Crippen molar-refractivity contribution in [3.8, 4) is 0 Å². The van der Waals surface area contributed by atoms with Gasteiger partial charge in [0.15, 0.2) is 0 Å². The molecule has 0 saturated heterocycles. The third-order valence-electron chi connectivity index (χ3n) is 0.284. The fourth-order valence-corrected chi connectivity index (χ4v) is 0.595. The van der Waals surface area contributed by atoms with E-state index in [0.717, 1.165) is 0 Å². The van der Waals surface area contributed by atoms with Crippen molar-refractivity contribution < 1.29 is 44.3 Å². The summed E-state index contributed by atoms with van der Waals surface area (Å²) in [5, 5.41) is 0. The Balaban J connectivity index is 0. The Hall–Kier alpha value is 0.362. The van der Waals surface area contributed by atoms with Crippen molar-refractivity contribution in [1.82, 2.24) is 0 Å². The first-order valence-corrected chi connectivity index (χ1v) is 3.62. The first kappa shape index (κ1) is 13.0. The third kappa shape index (κ3) is 11.2. The average Bonchev–Trinajstić information content (AvgIpc) is 1.14. The van der Waals surface area contributed by atoms with E-state index in [4.69, 9.17) is 0 Å². The zero-order valence-corrected chi connectivity index (χ0v) is 6.16. The Kier molecular flexibility index (Phi) is 4.76. The summed E-state index contributed by atoms with van der Waals surface area (Å²) >= 11 is 0. The molecule has 0 bridgehead atoms. The first-order valence-electron chi connectivity index (χ1n) is 1.80. The Morgan fingerprint density at radius 2 is 1.60 bits per heavy atom. The first-order chi connectivity index (χ1) is 3.71. The molecule has 0 aliphatic heterocycles. The molecular weight excluding hydrogens is 167 g/mol. The zero-order valence-electron chi connectivity index (χ0n) is 5.34. The summed E-state index contributed by atoms with van der Waals surface area (Å²) in [4.78, 5) is 0. The molecule has 0 fully saturated rings. The van der Waals surface area contributed by atoms with Crippen LogP contribution in [-0.4, -0.2) is 21.9 Å². The van der Waals surface area contributed by atoms with Crippen molar-refractivity contribution in [3.05, 3.63) is 0 Å². The zero-order chi connectivity index (χ0) is 7.71. The Morgan fingerprint density at radius 3 is 1.60 bits per heavy atom. The third-order valence-corrected chi connectivity index (χ3v) is 0.852. The summed E-state index contributed by atoms with van der Waals surface area (Å²) in [6.07, 6.45) is 0.336. The van der Waals surface area contributed by atoms with E-state index in [0.29, 0.717) is 6.26 Å². The van der Waals surface area contributed by atoms with Crippen LogP contribution in [0.25, 0.3) is 0 Å². The minimum absolute atomic E-state index is 0. The van der Waals surface area contributed by atoms with E-state index in [2.05, 4.69) is 4.10 Å². The second-order valence-corrected chi connectivity index (χ2v) is 2.92. The minimum atomic E-state index is -5.68. The van der Waals surface area contributed by atoms with Crippen LogP contribution in [0, 0.1) is 0 Å². The van der Waals surface area contributed by atoms with Crippen LogP contribution in [0.15, 0.2) is 0 Å². The molecule has 0 spiro atoms. The van der Waals surface area contributed by atoms with E-state index in [-0.39, 0.29) is 18.9 Å². The van der Waals surface area contributed by atoms with Crippen LogP contribution < -0.4 is 18.9 Å². The minimum Gasteiger partial charge on any atom is -0.421 e. The van der Waals surface area contributed by atoms with Crippen molar-refractivity contribution in [2.75, 3.05) is 6.26 Å². The van der Waals surface area contributed by atoms with Crippen LogP contribution in [0.2, 0.25) is 0 Å². The maximum absolute atomic E-state index is 11.0. The normalized spacial score (nSPS) is 12.4. The largest absolute Gasteiger partial charge is 1.00 e. The Labute approximate surface area is 68.3 Å². The molecule has 0 radical (unpaired) electrons. The van der Waals surface area contributed by atoms with Crippen molar-refractivity contribution in [1.29, 1.82) is 0 Å². The molecule has 0 aliphatic rings. The average molecular weight is 170 g/mol. The number of hydrogen-bond donors (Lipinski definition) is 0. The SMILES string of the molecule is CS(=O)(=O)O[B-](F)(F)F.[Li+]. The van der Waals surface area contributed by atoms with Crippen molar-refractivity contribution >= 4 is 17.3 Å². The Morgan fingerprint density at radius 1 is 1.30 bits per heavy atom. The van der Waals surface area contributed by atoms with Crippen LogP contribution in [0.5, 0.6) is 0 Å². The van der Waals surface area contributed by atoms with Gasteiger partial charge < -0.3 is 17.0 Å². The van der Waals surface area contributed by atoms with Crippen molar-refractivity contribution in [2.45, 2.75) is 0 Å². The summed E-state index contributed by atoms with van der Waals surface area (Å²) in [6.45, 7) is 0. The predicted molar refractivity (Wildman–Crippen MR) is 25.0 cm³/mol. The number of hydrogen-bond acceptors (Lipinski definition) is 3. The van der Waals surface area contributed by atoms with Gasteiger partial charge in [-0.1, -0.05) is 0 Å². The smallest absolute Gasteiger partial charge is 0.421 e. The number of halogens is 3. The fourth-order valence-electron chi connectivity index (χ4n) is 0.198.